The first-order valence-corrected chi connectivity index (χ1v) is 7.60. The molecule has 0 radical (unpaired) electrons. The highest BCUT2D eigenvalue weighted by atomic mass is 32.1. The van der Waals surface area contributed by atoms with Crippen molar-refractivity contribution in [3.63, 3.8) is 0 Å². The Bertz CT molecular complexity index is 576. The Labute approximate surface area is 128 Å². The van der Waals surface area contributed by atoms with Crippen molar-refractivity contribution in [3.05, 3.63) is 52.2 Å². The van der Waals surface area contributed by atoms with Crippen molar-refractivity contribution in [2.75, 3.05) is 13.7 Å². The van der Waals surface area contributed by atoms with E-state index < -0.39 is 5.60 Å². The molecule has 4 nitrogen and oxygen atoms in total. The van der Waals surface area contributed by atoms with Crippen molar-refractivity contribution in [3.8, 4) is 5.75 Å². The SMILES string of the molecule is COc1ccc(CC(C)(O)CNC(=O)c2ccsc2)cc1. The van der Waals surface area contributed by atoms with Gasteiger partial charge in [-0.3, -0.25) is 4.79 Å². The van der Waals surface area contributed by atoms with E-state index in [1.807, 2.05) is 29.6 Å². The van der Waals surface area contributed by atoms with Crippen LogP contribution in [0, 0.1) is 0 Å². The van der Waals surface area contributed by atoms with E-state index in [-0.39, 0.29) is 12.5 Å². The minimum absolute atomic E-state index is 0.161. The molecule has 0 bridgehead atoms. The molecular formula is C16H19NO3S. The third kappa shape index (κ3) is 4.58. The molecule has 0 aliphatic rings. The summed E-state index contributed by atoms with van der Waals surface area (Å²) in [4.78, 5) is 11.9. The average Bonchev–Trinajstić information content (AvgIpc) is 2.99. The summed E-state index contributed by atoms with van der Waals surface area (Å²) in [7, 11) is 1.62. The van der Waals surface area contributed by atoms with E-state index in [0.29, 0.717) is 12.0 Å². The molecule has 2 rings (SSSR count). The molecule has 2 aromatic rings. The molecule has 1 unspecified atom stereocenters. The van der Waals surface area contributed by atoms with E-state index >= 15 is 0 Å². The summed E-state index contributed by atoms with van der Waals surface area (Å²) in [6, 6.07) is 9.30. The van der Waals surface area contributed by atoms with Gasteiger partial charge in [-0.25, -0.2) is 0 Å². The fourth-order valence-corrected chi connectivity index (χ4v) is 2.65. The van der Waals surface area contributed by atoms with Gasteiger partial charge in [0.05, 0.1) is 12.7 Å². The Balaban J connectivity index is 1.90. The van der Waals surface area contributed by atoms with Gasteiger partial charge < -0.3 is 15.2 Å². The summed E-state index contributed by atoms with van der Waals surface area (Å²) in [5.74, 6) is 0.621. The summed E-state index contributed by atoms with van der Waals surface area (Å²) < 4.78 is 5.10. The lowest BCUT2D eigenvalue weighted by molar-refractivity contribution is 0.0553. The monoisotopic (exact) mass is 305 g/mol. The summed E-state index contributed by atoms with van der Waals surface area (Å²) >= 11 is 1.47. The predicted molar refractivity (Wildman–Crippen MR) is 84.0 cm³/mol. The maximum Gasteiger partial charge on any atom is 0.252 e. The highest BCUT2D eigenvalue weighted by Crippen LogP contribution is 2.17. The first kappa shape index (κ1) is 15.5. The van der Waals surface area contributed by atoms with Crippen molar-refractivity contribution >= 4 is 17.2 Å². The number of ether oxygens (including phenoxy) is 1. The van der Waals surface area contributed by atoms with E-state index in [0.717, 1.165) is 11.3 Å². The summed E-state index contributed by atoms with van der Waals surface area (Å²) in [5, 5.41) is 16.8. The van der Waals surface area contributed by atoms with Gasteiger partial charge in [0.1, 0.15) is 5.75 Å². The molecule has 1 aromatic carbocycles. The third-order valence-electron chi connectivity index (χ3n) is 3.16. The number of methoxy groups -OCH3 is 1. The van der Waals surface area contributed by atoms with Crippen LogP contribution in [-0.2, 0) is 6.42 Å². The Hall–Kier alpha value is -1.85. The summed E-state index contributed by atoms with van der Waals surface area (Å²) in [6.07, 6.45) is 0.459. The van der Waals surface area contributed by atoms with Crippen LogP contribution in [-0.4, -0.2) is 30.3 Å². The number of rotatable bonds is 6. The quantitative estimate of drug-likeness (QED) is 0.862. The maximum absolute atomic E-state index is 11.9. The molecule has 0 fully saturated rings. The fraction of sp³-hybridized carbons (Fsp3) is 0.312. The van der Waals surface area contributed by atoms with Crippen LogP contribution < -0.4 is 10.1 Å². The Kier molecular flexibility index (Phi) is 4.98. The smallest absolute Gasteiger partial charge is 0.252 e. The van der Waals surface area contributed by atoms with Gasteiger partial charge in [-0.05, 0) is 36.1 Å². The lowest BCUT2D eigenvalue weighted by Gasteiger charge is -2.23. The van der Waals surface area contributed by atoms with Crippen LogP contribution >= 0.6 is 11.3 Å². The number of nitrogens with one attached hydrogen (secondary N) is 1. The molecule has 21 heavy (non-hydrogen) atoms. The molecule has 0 saturated heterocycles. The number of thiophene rings is 1. The van der Waals surface area contributed by atoms with Gasteiger partial charge in [-0.1, -0.05) is 12.1 Å². The van der Waals surface area contributed by atoms with Crippen LogP contribution in [0.1, 0.15) is 22.8 Å². The minimum atomic E-state index is -1.000. The number of benzene rings is 1. The van der Waals surface area contributed by atoms with Gasteiger partial charge in [0.15, 0.2) is 0 Å². The average molecular weight is 305 g/mol. The van der Waals surface area contributed by atoms with Gasteiger partial charge in [0.2, 0.25) is 0 Å². The zero-order valence-corrected chi connectivity index (χ0v) is 12.9. The normalized spacial score (nSPS) is 13.5. The van der Waals surface area contributed by atoms with Gasteiger partial charge >= 0.3 is 0 Å². The van der Waals surface area contributed by atoms with Crippen LogP contribution in [0.3, 0.4) is 0 Å². The molecule has 5 heteroatoms. The maximum atomic E-state index is 11.9. The van der Waals surface area contributed by atoms with Crippen molar-refractivity contribution in [1.29, 1.82) is 0 Å². The van der Waals surface area contributed by atoms with Crippen LogP contribution in [0.2, 0.25) is 0 Å². The van der Waals surface area contributed by atoms with Gasteiger partial charge in [0.25, 0.3) is 5.91 Å². The zero-order valence-electron chi connectivity index (χ0n) is 12.1. The highest BCUT2D eigenvalue weighted by Gasteiger charge is 2.22. The molecule has 2 N–H and O–H groups in total. The number of aliphatic hydroxyl groups is 1. The number of hydrogen-bond acceptors (Lipinski definition) is 4. The Morgan fingerprint density at radius 2 is 2.05 bits per heavy atom. The lowest BCUT2D eigenvalue weighted by atomic mass is 9.96. The summed E-state index contributed by atoms with van der Waals surface area (Å²) in [5.41, 5.74) is 0.617. The van der Waals surface area contributed by atoms with E-state index in [1.54, 1.807) is 25.5 Å². The number of amides is 1. The molecular weight excluding hydrogens is 286 g/mol. The lowest BCUT2D eigenvalue weighted by Crippen LogP contribution is -2.42. The second kappa shape index (κ2) is 6.74. The predicted octanol–water partition coefficient (Wildman–Crippen LogP) is 2.48. The molecule has 1 aromatic heterocycles. The van der Waals surface area contributed by atoms with E-state index in [1.165, 1.54) is 11.3 Å². The van der Waals surface area contributed by atoms with Gasteiger partial charge in [-0.15, -0.1) is 0 Å². The second-order valence-electron chi connectivity index (χ2n) is 5.22. The Morgan fingerprint density at radius 1 is 1.33 bits per heavy atom. The van der Waals surface area contributed by atoms with E-state index in [4.69, 9.17) is 4.74 Å². The first-order chi connectivity index (χ1) is 10.00. The van der Waals surface area contributed by atoms with Crippen molar-refractivity contribution in [2.24, 2.45) is 0 Å². The third-order valence-corrected chi connectivity index (χ3v) is 3.84. The number of carbonyl (C=O) groups is 1. The van der Waals surface area contributed by atoms with Crippen LogP contribution in [0.5, 0.6) is 5.75 Å². The van der Waals surface area contributed by atoms with Gasteiger partial charge in [0, 0.05) is 23.9 Å². The Morgan fingerprint density at radius 3 is 2.62 bits per heavy atom. The first-order valence-electron chi connectivity index (χ1n) is 6.66. The molecule has 0 aliphatic heterocycles. The number of hydrogen-bond donors (Lipinski definition) is 2. The van der Waals surface area contributed by atoms with Crippen molar-refractivity contribution in [1.82, 2.24) is 5.32 Å². The second-order valence-corrected chi connectivity index (χ2v) is 6.00. The molecule has 1 amide bonds. The molecule has 0 spiro atoms. The van der Waals surface area contributed by atoms with E-state index in [9.17, 15) is 9.90 Å². The van der Waals surface area contributed by atoms with Crippen LogP contribution in [0.15, 0.2) is 41.1 Å². The molecule has 1 heterocycles. The molecule has 0 aliphatic carbocycles. The molecule has 0 saturated carbocycles. The van der Waals surface area contributed by atoms with Crippen molar-refractivity contribution in [2.45, 2.75) is 18.9 Å². The van der Waals surface area contributed by atoms with Gasteiger partial charge in [-0.2, -0.15) is 11.3 Å². The zero-order chi connectivity index (χ0) is 15.3. The number of carbonyl (C=O) groups excluding carboxylic acids is 1. The largest absolute Gasteiger partial charge is 0.497 e. The van der Waals surface area contributed by atoms with E-state index in [2.05, 4.69) is 5.32 Å². The fourth-order valence-electron chi connectivity index (χ4n) is 2.01. The summed E-state index contributed by atoms with van der Waals surface area (Å²) in [6.45, 7) is 1.92. The standard InChI is InChI=1S/C16H19NO3S/c1-16(19,9-12-3-5-14(20-2)6-4-12)11-17-15(18)13-7-8-21-10-13/h3-8,10,19H,9,11H2,1-2H3,(H,17,18). The highest BCUT2D eigenvalue weighted by molar-refractivity contribution is 7.08. The van der Waals surface area contributed by atoms with Crippen LogP contribution in [0.4, 0.5) is 0 Å². The molecule has 1 atom stereocenters. The minimum Gasteiger partial charge on any atom is -0.497 e. The topological polar surface area (TPSA) is 58.6 Å². The van der Waals surface area contributed by atoms with Crippen LogP contribution in [0.25, 0.3) is 0 Å². The van der Waals surface area contributed by atoms with Crippen molar-refractivity contribution < 1.29 is 14.6 Å². The molecule has 112 valence electrons.